The topological polar surface area (TPSA) is 54.7 Å². The Morgan fingerprint density at radius 3 is 3.14 bits per heavy atom. The molecule has 0 aromatic carbocycles. The van der Waals surface area contributed by atoms with Crippen LogP contribution in [0.25, 0.3) is 0 Å². The van der Waals surface area contributed by atoms with Crippen LogP contribution in [0.15, 0.2) is 23.5 Å². The van der Waals surface area contributed by atoms with Crippen LogP contribution in [0, 0.1) is 5.41 Å². The molecule has 0 radical (unpaired) electrons. The zero-order chi connectivity index (χ0) is 15.3. The van der Waals surface area contributed by atoms with Gasteiger partial charge in [0, 0.05) is 57.1 Å². The number of nitrogens with zero attached hydrogens (tertiary/aromatic N) is 4. The smallest absolute Gasteiger partial charge is 0.193 e. The van der Waals surface area contributed by atoms with Crippen molar-refractivity contribution in [2.45, 2.75) is 32.7 Å². The third kappa shape index (κ3) is 3.61. The first-order valence-electron chi connectivity index (χ1n) is 8.40. The molecule has 0 amide bonds. The minimum Gasteiger partial charge on any atom is -0.381 e. The highest BCUT2D eigenvalue weighted by Crippen LogP contribution is 2.38. The SMILES string of the molecule is CCNC(=NCCCn1cccn1)N1CCC2(CCOC2)C1. The number of ether oxygens (including phenoxy) is 1. The number of aliphatic imine (C=N–C) groups is 1. The summed E-state index contributed by atoms with van der Waals surface area (Å²) in [5, 5.41) is 7.66. The van der Waals surface area contributed by atoms with Crippen molar-refractivity contribution in [1.82, 2.24) is 20.0 Å². The molecule has 6 heteroatoms. The molecule has 1 atom stereocenters. The van der Waals surface area contributed by atoms with Crippen molar-refractivity contribution in [3.05, 3.63) is 18.5 Å². The van der Waals surface area contributed by atoms with Crippen LogP contribution in [-0.4, -0.2) is 60.0 Å². The summed E-state index contributed by atoms with van der Waals surface area (Å²) in [4.78, 5) is 7.21. The van der Waals surface area contributed by atoms with Gasteiger partial charge in [0.15, 0.2) is 5.96 Å². The minimum absolute atomic E-state index is 0.380. The second-order valence-electron chi connectivity index (χ2n) is 6.33. The quantitative estimate of drug-likeness (QED) is 0.507. The second kappa shape index (κ2) is 7.13. The molecule has 1 spiro atoms. The standard InChI is InChI=1S/C16H27N5O/c1-2-17-15(18-7-3-9-21-10-4-8-19-21)20-11-5-16(13-20)6-12-22-14-16/h4,8,10H,2-3,5-7,9,11-14H2,1H3,(H,17,18). The van der Waals surface area contributed by atoms with Gasteiger partial charge in [-0.1, -0.05) is 0 Å². The van der Waals surface area contributed by atoms with Gasteiger partial charge >= 0.3 is 0 Å². The van der Waals surface area contributed by atoms with Crippen molar-refractivity contribution in [3.8, 4) is 0 Å². The molecule has 0 aliphatic carbocycles. The second-order valence-corrected chi connectivity index (χ2v) is 6.33. The van der Waals surface area contributed by atoms with Gasteiger partial charge in [0.1, 0.15) is 0 Å². The number of aromatic nitrogens is 2. The molecular weight excluding hydrogens is 278 g/mol. The van der Waals surface area contributed by atoms with Gasteiger partial charge in [0.2, 0.25) is 0 Å². The minimum atomic E-state index is 0.380. The highest BCUT2D eigenvalue weighted by atomic mass is 16.5. The fourth-order valence-corrected chi connectivity index (χ4v) is 3.36. The van der Waals surface area contributed by atoms with Gasteiger partial charge in [0.25, 0.3) is 0 Å². The lowest BCUT2D eigenvalue weighted by molar-refractivity contribution is 0.156. The molecule has 1 unspecified atom stereocenters. The summed E-state index contributed by atoms with van der Waals surface area (Å²) >= 11 is 0. The molecule has 0 saturated carbocycles. The maximum atomic E-state index is 5.61. The summed E-state index contributed by atoms with van der Waals surface area (Å²) in [5.41, 5.74) is 0.380. The average molecular weight is 305 g/mol. The van der Waals surface area contributed by atoms with Gasteiger partial charge in [-0.25, -0.2) is 0 Å². The molecular formula is C16H27N5O. The Hall–Kier alpha value is -1.56. The largest absolute Gasteiger partial charge is 0.381 e. The first-order valence-corrected chi connectivity index (χ1v) is 8.40. The van der Waals surface area contributed by atoms with Crippen molar-refractivity contribution >= 4 is 5.96 Å². The molecule has 2 saturated heterocycles. The molecule has 122 valence electrons. The van der Waals surface area contributed by atoms with Crippen molar-refractivity contribution in [2.75, 3.05) is 39.4 Å². The van der Waals surface area contributed by atoms with Crippen LogP contribution < -0.4 is 5.32 Å². The fraction of sp³-hybridized carbons (Fsp3) is 0.750. The average Bonchev–Trinajstić information content (AvgIpc) is 3.26. The lowest BCUT2D eigenvalue weighted by atomic mass is 9.87. The van der Waals surface area contributed by atoms with Crippen LogP contribution in [0.5, 0.6) is 0 Å². The molecule has 2 aliphatic rings. The maximum Gasteiger partial charge on any atom is 0.193 e. The normalized spacial score (nSPS) is 25.3. The van der Waals surface area contributed by atoms with E-state index < -0.39 is 0 Å². The summed E-state index contributed by atoms with van der Waals surface area (Å²) < 4.78 is 7.57. The zero-order valence-corrected chi connectivity index (χ0v) is 13.5. The van der Waals surface area contributed by atoms with Gasteiger partial charge in [-0.15, -0.1) is 0 Å². The molecule has 6 nitrogen and oxygen atoms in total. The molecule has 22 heavy (non-hydrogen) atoms. The predicted octanol–water partition coefficient (Wildman–Crippen LogP) is 1.35. The Kier molecular flexibility index (Phi) is 4.97. The van der Waals surface area contributed by atoms with E-state index in [9.17, 15) is 0 Å². The lowest BCUT2D eigenvalue weighted by Gasteiger charge is -2.25. The summed E-state index contributed by atoms with van der Waals surface area (Å²) in [6, 6.07) is 1.96. The summed E-state index contributed by atoms with van der Waals surface area (Å²) in [6.45, 7) is 8.82. The van der Waals surface area contributed by atoms with E-state index in [-0.39, 0.29) is 0 Å². The molecule has 3 rings (SSSR count). The van der Waals surface area contributed by atoms with Gasteiger partial charge in [-0.3, -0.25) is 9.67 Å². The van der Waals surface area contributed by atoms with Crippen molar-refractivity contribution in [1.29, 1.82) is 0 Å². The van der Waals surface area contributed by atoms with E-state index in [4.69, 9.17) is 9.73 Å². The van der Waals surface area contributed by atoms with E-state index in [1.165, 1.54) is 12.8 Å². The molecule has 0 bridgehead atoms. The Labute approximate surface area is 132 Å². The predicted molar refractivity (Wildman–Crippen MR) is 86.9 cm³/mol. The van der Waals surface area contributed by atoms with Crippen LogP contribution in [0.3, 0.4) is 0 Å². The van der Waals surface area contributed by atoms with E-state index in [2.05, 4.69) is 22.2 Å². The molecule has 1 aromatic rings. The van der Waals surface area contributed by atoms with Gasteiger partial charge < -0.3 is 15.0 Å². The molecule has 1 N–H and O–H groups in total. The number of rotatable bonds is 5. The maximum absolute atomic E-state index is 5.61. The number of nitrogens with one attached hydrogen (secondary N) is 1. The highest BCUT2D eigenvalue weighted by molar-refractivity contribution is 5.80. The number of likely N-dealkylation sites (tertiary alicyclic amines) is 1. The van der Waals surface area contributed by atoms with Gasteiger partial charge in [-0.2, -0.15) is 5.10 Å². The van der Waals surface area contributed by atoms with E-state index in [1.54, 1.807) is 0 Å². The van der Waals surface area contributed by atoms with Crippen molar-refractivity contribution in [3.63, 3.8) is 0 Å². The number of hydrogen-bond acceptors (Lipinski definition) is 3. The molecule has 3 heterocycles. The first kappa shape index (κ1) is 15.3. The van der Waals surface area contributed by atoms with Crippen molar-refractivity contribution < 1.29 is 4.74 Å². The van der Waals surface area contributed by atoms with E-state index in [0.29, 0.717) is 5.41 Å². The van der Waals surface area contributed by atoms with Crippen LogP contribution in [0.4, 0.5) is 0 Å². The zero-order valence-electron chi connectivity index (χ0n) is 13.5. The van der Waals surface area contributed by atoms with Crippen LogP contribution in [-0.2, 0) is 11.3 Å². The van der Waals surface area contributed by atoms with E-state index in [0.717, 1.165) is 58.3 Å². The molecule has 1 aromatic heterocycles. The Bertz CT molecular complexity index is 479. The van der Waals surface area contributed by atoms with Crippen molar-refractivity contribution in [2.24, 2.45) is 10.4 Å². The summed E-state index contributed by atoms with van der Waals surface area (Å²) in [5.74, 6) is 1.06. The monoisotopic (exact) mass is 305 g/mol. The van der Waals surface area contributed by atoms with Gasteiger partial charge in [0.05, 0.1) is 6.61 Å². The third-order valence-corrected chi connectivity index (χ3v) is 4.62. The first-order chi connectivity index (χ1) is 10.8. The summed E-state index contributed by atoms with van der Waals surface area (Å²) in [6.07, 6.45) is 7.26. The van der Waals surface area contributed by atoms with Crippen LogP contribution >= 0.6 is 0 Å². The Morgan fingerprint density at radius 2 is 2.41 bits per heavy atom. The number of aryl methyl sites for hydroxylation is 1. The Balaban J connectivity index is 1.52. The highest BCUT2D eigenvalue weighted by Gasteiger charge is 2.42. The van der Waals surface area contributed by atoms with E-state index >= 15 is 0 Å². The number of hydrogen-bond donors (Lipinski definition) is 1. The van der Waals surface area contributed by atoms with Crippen LogP contribution in [0.1, 0.15) is 26.2 Å². The van der Waals surface area contributed by atoms with Crippen LogP contribution in [0.2, 0.25) is 0 Å². The number of guanidine groups is 1. The lowest BCUT2D eigenvalue weighted by Crippen LogP contribution is -2.41. The summed E-state index contributed by atoms with van der Waals surface area (Å²) in [7, 11) is 0. The van der Waals surface area contributed by atoms with E-state index in [1.807, 2.05) is 23.1 Å². The van der Waals surface area contributed by atoms with Gasteiger partial charge in [-0.05, 0) is 32.3 Å². The third-order valence-electron chi connectivity index (χ3n) is 4.62. The Morgan fingerprint density at radius 1 is 1.45 bits per heavy atom. The molecule has 2 aliphatic heterocycles. The molecule has 2 fully saturated rings. The fourth-order valence-electron chi connectivity index (χ4n) is 3.36.